The number of hydrogen-bond donors (Lipinski definition) is 0. The molecule has 2 aromatic carbocycles. The van der Waals surface area contributed by atoms with Crippen LogP contribution in [0.5, 0.6) is 0 Å². The van der Waals surface area contributed by atoms with Crippen LogP contribution in [0.25, 0.3) is 11.1 Å². The number of hydroxylamine groups is 1. The van der Waals surface area contributed by atoms with Gasteiger partial charge in [0.1, 0.15) is 0 Å². The van der Waals surface area contributed by atoms with E-state index in [0.717, 1.165) is 5.69 Å². The van der Waals surface area contributed by atoms with Crippen LogP contribution in [0, 0.1) is 0 Å². The van der Waals surface area contributed by atoms with Crippen molar-refractivity contribution in [2.45, 2.75) is 13.8 Å². The topological polar surface area (TPSA) is 15.5 Å². The Bertz CT molecular complexity index is 463. The third-order valence-electron chi connectivity index (χ3n) is 2.52. The van der Waals surface area contributed by atoms with Gasteiger partial charge in [-0.15, -0.1) is 0 Å². The van der Waals surface area contributed by atoms with Gasteiger partial charge in [-0.25, -0.2) is 9.90 Å². The summed E-state index contributed by atoms with van der Waals surface area (Å²) in [7, 11) is 0. The highest BCUT2D eigenvalue weighted by Crippen LogP contribution is 2.34. The Morgan fingerprint density at radius 1 is 0.882 bits per heavy atom. The SMILES string of the molecule is CC.c1ccc(-c2ccccc2N2CO2)cc1. The van der Waals surface area contributed by atoms with Crippen LogP contribution in [0.15, 0.2) is 54.6 Å². The fourth-order valence-corrected chi connectivity index (χ4v) is 1.72. The average molecular weight is 227 g/mol. The van der Waals surface area contributed by atoms with E-state index >= 15 is 0 Å². The van der Waals surface area contributed by atoms with Gasteiger partial charge in [-0.3, -0.25) is 0 Å². The van der Waals surface area contributed by atoms with Crippen LogP contribution < -0.4 is 5.06 Å². The van der Waals surface area contributed by atoms with Gasteiger partial charge in [0.15, 0.2) is 6.73 Å². The molecule has 2 aromatic rings. The van der Waals surface area contributed by atoms with Crippen LogP contribution in [0.2, 0.25) is 0 Å². The molecular formula is C15H17NO. The molecule has 0 N–H and O–H groups in total. The minimum atomic E-state index is 0.698. The van der Waals surface area contributed by atoms with E-state index in [4.69, 9.17) is 4.84 Å². The van der Waals surface area contributed by atoms with E-state index in [2.05, 4.69) is 42.5 Å². The van der Waals surface area contributed by atoms with Gasteiger partial charge in [0.25, 0.3) is 0 Å². The predicted octanol–water partition coefficient (Wildman–Crippen LogP) is 4.09. The van der Waals surface area contributed by atoms with Crippen molar-refractivity contribution in [3.63, 3.8) is 0 Å². The molecule has 1 fully saturated rings. The third-order valence-corrected chi connectivity index (χ3v) is 2.52. The number of hydrogen-bond acceptors (Lipinski definition) is 2. The number of nitrogens with zero attached hydrogens (tertiary/aromatic N) is 1. The normalized spacial score (nSPS) is 12.7. The molecule has 17 heavy (non-hydrogen) atoms. The molecule has 88 valence electrons. The van der Waals surface area contributed by atoms with Gasteiger partial charge in [0.05, 0.1) is 5.69 Å². The summed E-state index contributed by atoms with van der Waals surface area (Å²) in [6.45, 7) is 4.70. The highest BCUT2D eigenvalue weighted by molar-refractivity contribution is 5.78. The summed E-state index contributed by atoms with van der Waals surface area (Å²) in [6.07, 6.45) is 0. The van der Waals surface area contributed by atoms with Crippen molar-refractivity contribution in [3.05, 3.63) is 54.6 Å². The third kappa shape index (κ3) is 2.66. The summed E-state index contributed by atoms with van der Waals surface area (Å²) in [5, 5.41) is 1.89. The maximum Gasteiger partial charge on any atom is 0.171 e. The molecule has 0 atom stereocenters. The van der Waals surface area contributed by atoms with Crippen molar-refractivity contribution in [1.29, 1.82) is 0 Å². The lowest BCUT2D eigenvalue weighted by Gasteiger charge is -2.07. The second kappa shape index (κ2) is 5.51. The van der Waals surface area contributed by atoms with E-state index in [0.29, 0.717) is 6.73 Å². The molecule has 1 saturated heterocycles. The largest absolute Gasteiger partial charge is 0.247 e. The molecule has 0 aromatic heterocycles. The molecule has 2 nitrogen and oxygen atoms in total. The van der Waals surface area contributed by atoms with Gasteiger partial charge >= 0.3 is 0 Å². The lowest BCUT2D eigenvalue weighted by Crippen LogP contribution is -1.92. The van der Waals surface area contributed by atoms with Crippen LogP contribution in [0.4, 0.5) is 5.69 Å². The van der Waals surface area contributed by atoms with E-state index in [9.17, 15) is 0 Å². The zero-order valence-corrected chi connectivity index (χ0v) is 10.3. The van der Waals surface area contributed by atoms with Crippen LogP contribution in [0.3, 0.4) is 0 Å². The van der Waals surface area contributed by atoms with Crippen molar-refractivity contribution >= 4 is 5.69 Å². The first-order valence-electron chi connectivity index (χ1n) is 6.00. The Morgan fingerprint density at radius 3 is 2.12 bits per heavy atom. The summed E-state index contributed by atoms with van der Waals surface area (Å²) in [5.41, 5.74) is 3.59. The molecule has 0 saturated carbocycles. The van der Waals surface area contributed by atoms with E-state index in [1.807, 2.05) is 31.0 Å². The average Bonchev–Trinajstić information content (AvgIpc) is 3.27. The number of para-hydroxylation sites is 1. The Kier molecular flexibility index (Phi) is 3.78. The molecule has 0 radical (unpaired) electrons. The quantitative estimate of drug-likeness (QED) is 0.718. The minimum Gasteiger partial charge on any atom is -0.247 e. The van der Waals surface area contributed by atoms with Crippen LogP contribution in [-0.2, 0) is 4.84 Å². The van der Waals surface area contributed by atoms with Crippen molar-refractivity contribution in [1.82, 2.24) is 0 Å². The molecule has 1 aliphatic heterocycles. The number of benzene rings is 2. The summed E-state index contributed by atoms with van der Waals surface area (Å²) in [6, 6.07) is 18.6. The lowest BCUT2D eigenvalue weighted by atomic mass is 10.0. The number of anilines is 1. The molecular weight excluding hydrogens is 210 g/mol. The summed E-state index contributed by atoms with van der Waals surface area (Å²) in [5.74, 6) is 0. The Hall–Kier alpha value is -1.80. The van der Waals surface area contributed by atoms with Crippen molar-refractivity contribution in [3.8, 4) is 11.1 Å². The van der Waals surface area contributed by atoms with Crippen LogP contribution >= 0.6 is 0 Å². The molecule has 3 rings (SSSR count). The molecule has 1 heterocycles. The summed E-state index contributed by atoms with van der Waals surface area (Å²) >= 11 is 0. The highest BCUT2D eigenvalue weighted by atomic mass is 16.8. The maximum atomic E-state index is 5.19. The fraction of sp³-hybridized carbons (Fsp3) is 0.200. The first kappa shape index (κ1) is 11.7. The summed E-state index contributed by atoms with van der Waals surface area (Å²) < 4.78 is 0. The van der Waals surface area contributed by atoms with Gasteiger partial charge in [-0.05, 0) is 11.6 Å². The molecule has 0 aliphatic carbocycles. The Balaban J connectivity index is 0.000000514. The van der Waals surface area contributed by atoms with Gasteiger partial charge < -0.3 is 0 Å². The molecule has 1 aliphatic rings. The fourth-order valence-electron chi connectivity index (χ4n) is 1.72. The minimum absolute atomic E-state index is 0.698. The van der Waals surface area contributed by atoms with Crippen LogP contribution in [-0.4, -0.2) is 6.73 Å². The van der Waals surface area contributed by atoms with Crippen molar-refractivity contribution in [2.75, 3.05) is 11.8 Å². The van der Waals surface area contributed by atoms with E-state index in [1.54, 1.807) is 0 Å². The first-order valence-corrected chi connectivity index (χ1v) is 6.00. The van der Waals surface area contributed by atoms with Gasteiger partial charge in [0, 0.05) is 5.56 Å². The van der Waals surface area contributed by atoms with Gasteiger partial charge in [-0.2, -0.15) is 0 Å². The molecule has 0 amide bonds. The standard InChI is InChI=1S/C13H11NO.C2H6/c1-2-6-11(7-3-1)12-8-4-5-9-13(12)14-10-15-14;1-2/h1-9H,10H2;1-2H3. The number of rotatable bonds is 2. The Labute approximate surface area is 102 Å². The zero-order chi connectivity index (χ0) is 12.1. The molecule has 2 heteroatoms. The lowest BCUT2D eigenvalue weighted by molar-refractivity contribution is 0.452. The molecule has 0 spiro atoms. The maximum absolute atomic E-state index is 5.19. The smallest absolute Gasteiger partial charge is 0.171 e. The second-order valence-corrected chi connectivity index (χ2v) is 3.52. The van der Waals surface area contributed by atoms with Gasteiger partial charge in [0.2, 0.25) is 0 Å². The molecule has 0 unspecified atom stereocenters. The van der Waals surface area contributed by atoms with Crippen molar-refractivity contribution < 1.29 is 4.84 Å². The van der Waals surface area contributed by atoms with E-state index in [-0.39, 0.29) is 0 Å². The first-order chi connectivity index (χ1) is 8.45. The Morgan fingerprint density at radius 2 is 1.47 bits per heavy atom. The predicted molar refractivity (Wildman–Crippen MR) is 71.7 cm³/mol. The van der Waals surface area contributed by atoms with E-state index < -0.39 is 0 Å². The monoisotopic (exact) mass is 227 g/mol. The van der Waals surface area contributed by atoms with Gasteiger partial charge in [-0.1, -0.05) is 62.4 Å². The molecule has 0 bridgehead atoms. The highest BCUT2D eigenvalue weighted by Gasteiger charge is 2.22. The van der Waals surface area contributed by atoms with Crippen LogP contribution in [0.1, 0.15) is 13.8 Å². The van der Waals surface area contributed by atoms with Crippen molar-refractivity contribution in [2.24, 2.45) is 0 Å². The second-order valence-electron chi connectivity index (χ2n) is 3.52. The zero-order valence-electron chi connectivity index (χ0n) is 10.3. The van der Waals surface area contributed by atoms with E-state index in [1.165, 1.54) is 11.1 Å². The summed E-state index contributed by atoms with van der Waals surface area (Å²) in [4.78, 5) is 5.19.